The number of carbonyl (C=O) groups excluding carboxylic acids is 1. The third kappa shape index (κ3) is 3.47. The normalized spacial score (nSPS) is 21.3. The average Bonchev–Trinajstić information content (AvgIpc) is 2.63. The fraction of sp³-hybridized carbons (Fsp3) is 0.909. The number of rotatable bonds is 5. The summed E-state index contributed by atoms with van der Waals surface area (Å²) in [6.45, 7) is 2.54. The molecule has 1 aliphatic rings. The molecule has 15 heavy (non-hydrogen) atoms. The van der Waals surface area contributed by atoms with Crippen molar-refractivity contribution in [1.82, 2.24) is 5.32 Å². The Kier molecular flexibility index (Phi) is 4.54. The van der Waals surface area contributed by atoms with Crippen molar-refractivity contribution < 1.29 is 14.6 Å². The van der Waals surface area contributed by atoms with Crippen LogP contribution in [0.4, 0.5) is 0 Å². The van der Waals surface area contributed by atoms with Gasteiger partial charge in [0.2, 0.25) is 5.91 Å². The summed E-state index contributed by atoms with van der Waals surface area (Å²) in [7, 11) is 1.53. The van der Waals surface area contributed by atoms with E-state index < -0.39 is 6.10 Å². The minimum atomic E-state index is -0.607. The van der Waals surface area contributed by atoms with Crippen molar-refractivity contribution in [3.63, 3.8) is 0 Å². The van der Waals surface area contributed by atoms with E-state index in [0.717, 1.165) is 25.7 Å². The van der Waals surface area contributed by atoms with Gasteiger partial charge in [-0.25, -0.2) is 0 Å². The second kappa shape index (κ2) is 5.47. The standard InChI is InChI=1S/C11H21NO3/c1-11(5-3-4-6-11)10(14)12-7-9(13)8-15-2/h9,13H,3-8H2,1-2H3,(H,12,14). The zero-order valence-corrected chi connectivity index (χ0v) is 9.58. The Bertz CT molecular complexity index is 212. The predicted molar refractivity (Wildman–Crippen MR) is 57.5 cm³/mol. The first-order chi connectivity index (χ1) is 7.08. The molecule has 4 nitrogen and oxygen atoms in total. The van der Waals surface area contributed by atoms with Crippen LogP contribution >= 0.6 is 0 Å². The van der Waals surface area contributed by atoms with E-state index >= 15 is 0 Å². The summed E-state index contributed by atoms with van der Waals surface area (Å²) in [4.78, 5) is 11.8. The number of aliphatic hydroxyl groups excluding tert-OH is 1. The van der Waals surface area contributed by atoms with Crippen molar-refractivity contribution in [2.75, 3.05) is 20.3 Å². The molecule has 0 radical (unpaired) electrons. The van der Waals surface area contributed by atoms with Gasteiger partial charge in [0.25, 0.3) is 0 Å². The highest BCUT2D eigenvalue weighted by atomic mass is 16.5. The first-order valence-corrected chi connectivity index (χ1v) is 5.54. The van der Waals surface area contributed by atoms with Crippen LogP contribution in [0.15, 0.2) is 0 Å². The molecule has 2 N–H and O–H groups in total. The van der Waals surface area contributed by atoms with Crippen LogP contribution in [0.25, 0.3) is 0 Å². The fourth-order valence-electron chi connectivity index (χ4n) is 2.06. The number of hydrogen-bond donors (Lipinski definition) is 2. The lowest BCUT2D eigenvalue weighted by Crippen LogP contribution is -2.41. The largest absolute Gasteiger partial charge is 0.389 e. The lowest BCUT2D eigenvalue weighted by molar-refractivity contribution is -0.130. The molecule has 0 heterocycles. The molecule has 0 saturated heterocycles. The van der Waals surface area contributed by atoms with E-state index in [1.165, 1.54) is 7.11 Å². The monoisotopic (exact) mass is 215 g/mol. The van der Waals surface area contributed by atoms with Crippen LogP contribution in [-0.4, -0.2) is 37.4 Å². The maximum absolute atomic E-state index is 11.8. The second-order valence-corrected chi connectivity index (χ2v) is 4.59. The van der Waals surface area contributed by atoms with Gasteiger partial charge >= 0.3 is 0 Å². The van der Waals surface area contributed by atoms with Gasteiger partial charge in [0.15, 0.2) is 0 Å². The van der Waals surface area contributed by atoms with Crippen LogP contribution in [0.5, 0.6) is 0 Å². The zero-order valence-electron chi connectivity index (χ0n) is 9.58. The smallest absolute Gasteiger partial charge is 0.226 e. The fourth-order valence-corrected chi connectivity index (χ4v) is 2.06. The minimum Gasteiger partial charge on any atom is -0.389 e. The summed E-state index contributed by atoms with van der Waals surface area (Å²) in [5, 5.41) is 12.2. The molecule has 1 saturated carbocycles. The number of ether oxygens (including phenoxy) is 1. The molecule has 0 spiro atoms. The highest BCUT2D eigenvalue weighted by molar-refractivity contribution is 5.82. The van der Waals surface area contributed by atoms with Gasteiger partial charge in [0.05, 0.1) is 12.7 Å². The Morgan fingerprint density at radius 2 is 2.13 bits per heavy atom. The van der Waals surface area contributed by atoms with E-state index in [2.05, 4.69) is 5.32 Å². The van der Waals surface area contributed by atoms with E-state index in [0.29, 0.717) is 0 Å². The van der Waals surface area contributed by atoms with Crippen molar-refractivity contribution in [3.05, 3.63) is 0 Å². The maximum atomic E-state index is 11.8. The molecule has 0 aromatic heterocycles. The lowest BCUT2D eigenvalue weighted by atomic mass is 9.88. The van der Waals surface area contributed by atoms with Crippen molar-refractivity contribution >= 4 is 5.91 Å². The van der Waals surface area contributed by atoms with E-state index in [4.69, 9.17) is 4.74 Å². The van der Waals surface area contributed by atoms with Crippen LogP contribution in [0.3, 0.4) is 0 Å². The van der Waals surface area contributed by atoms with Crippen LogP contribution in [0.2, 0.25) is 0 Å². The Hall–Kier alpha value is -0.610. The van der Waals surface area contributed by atoms with Crippen LogP contribution in [-0.2, 0) is 9.53 Å². The highest BCUT2D eigenvalue weighted by Gasteiger charge is 2.35. The van der Waals surface area contributed by atoms with Gasteiger partial charge in [-0.05, 0) is 12.8 Å². The topological polar surface area (TPSA) is 58.6 Å². The highest BCUT2D eigenvalue weighted by Crippen LogP contribution is 2.37. The number of aliphatic hydroxyl groups is 1. The molecule has 4 heteroatoms. The van der Waals surface area contributed by atoms with Gasteiger partial charge in [-0.1, -0.05) is 19.8 Å². The molecule has 0 bridgehead atoms. The van der Waals surface area contributed by atoms with E-state index in [-0.39, 0.29) is 24.5 Å². The lowest BCUT2D eigenvalue weighted by Gasteiger charge is -2.23. The van der Waals surface area contributed by atoms with Crippen LogP contribution in [0, 0.1) is 5.41 Å². The summed E-state index contributed by atoms with van der Waals surface area (Å²) in [5.41, 5.74) is -0.215. The van der Waals surface area contributed by atoms with E-state index in [1.807, 2.05) is 6.92 Å². The number of hydrogen-bond acceptors (Lipinski definition) is 3. The molecule has 1 aliphatic carbocycles. The predicted octanol–water partition coefficient (Wildman–Crippen LogP) is 0.690. The van der Waals surface area contributed by atoms with Gasteiger partial charge < -0.3 is 15.2 Å². The van der Waals surface area contributed by atoms with Crippen molar-refractivity contribution in [3.8, 4) is 0 Å². The summed E-state index contributed by atoms with van der Waals surface area (Å²) < 4.78 is 4.79. The summed E-state index contributed by atoms with van der Waals surface area (Å²) in [6.07, 6.45) is 3.57. The Balaban J connectivity index is 2.29. The molecule has 0 aromatic rings. The third-order valence-electron chi connectivity index (χ3n) is 3.11. The van der Waals surface area contributed by atoms with Crippen molar-refractivity contribution in [2.24, 2.45) is 5.41 Å². The first-order valence-electron chi connectivity index (χ1n) is 5.54. The molecule has 1 atom stereocenters. The Morgan fingerprint density at radius 3 is 2.67 bits per heavy atom. The van der Waals surface area contributed by atoms with Crippen molar-refractivity contribution in [2.45, 2.75) is 38.7 Å². The van der Waals surface area contributed by atoms with E-state index in [9.17, 15) is 9.90 Å². The third-order valence-corrected chi connectivity index (χ3v) is 3.11. The molecular formula is C11H21NO3. The quantitative estimate of drug-likeness (QED) is 0.709. The number of carbonyl (C=O) groups is 1. The van der Waals surface area contributed by atoms with Crippen LogP contribution in [0.1, 0.15) is 32.6 Å². The molecule has 1 fully saturated rings. The van der Waals surface area contributed by atoms with Gasteiger partial charge in [-0.2, -0.15) is 0 Å². The maximum Gasteiger partial charge on any atom is 0.226 e. The molecule has 0 aliphatic heterocycles. The Morgan fingerprint density at radius 1 is 1.53 bits per heavy atom. The molecule has 1 rings (SSSR count). The van der Waals surface area contributed by atoms with Gasteiger partial charge in [-0.15, -0.1) is 0 Å². The van der Waals surface area contributed by atoms with Gasteiger partial charge in [-0.3, -0.25) is 4.79 Å². The van der Waals surface area contributed by atoms with Crippen LogP contribution < -0.4 is 5.32 Å². The second-order valence-electron chi connectivity index (χ2n) is 4.59. The molecule has 0 aromatic carbocycles. The minimum absolute atomic E-state index is 0.0650. The average molecular weight is 215 g/mol. The first kappa shape index (κ1) is 12.5. The summed E-state index contributed by atoms with van der Waals surface area (Å²) >= 11 is 0. The number of nitrogens with one attached hydrogen (secondary N) is 1. The number of amides is 1. The molecule has 1 amide bonds. The van der Waals surface area contributed by atoms with E-state index in [1.54, 1.807) is 0 Å². The summed E-state index contributed by atoms with van der Waals surface area (Å²) in [5.74, 6) is 0.0650. The molecular weight excluding hydrogens is 194 g/mol. The van der Waals surface area contributed by atoms with Crippen molar-refractivity contribution in [1.29, 1.82) is 0 Å². The van der Waals surface area contributed by atoms with Gasteiger partial charge in [0, 0.05) is 19.1 Å². The SMILES string of the molecule is COCC(O)CNC(=O)C1(C)CCCC1. The number of methoxy groups -OCH3 is 1. The molecule has 1 unspecified atom stereocenters. The Labute approximate surface area is 91.0 Å². The summed E-state index contributed by atoms with van der Waals surface area (Å²) in [6, 6.07) is 0. The zero-order chi connectivity index (χ0) is 11.3. The van der Waals surface area contributed by atoms with Gasteiger partial charge in [0.1, 0.15) is 0 Å². The molecule has 88 valence electrons.